The highest BCUT2D eigenvalue weighted by atomic mass is 19.4. The van der Waals surface area contributed by atoms with Crippen LogP contribution in [0.25, 0.3) is 0 Å². The van der Waals surface area contributed by atoms with Gasteiger partial charge in [0.05, 0.1) is 0 Å². The molecule has 7 heteroatoms. The van der Waals surface area contributed by atoms with Crippen LogP contribution in [0.2, 0.25) is 0 Å². The molecular formula is C9H9F5N2. The maximum absolute atomic E-state index is 12.5. The Hall–Kier alpha value is -1.24. The third-order valence-corrected chi connectivity index (χ3v) is 2.06. The molecular weight excluding hydrogens is 231 g/mol. The van der Waals surface area contributed by atoms with E-state index in [1.807, 2.05) is 0 Å². The fraction of sp³-hybridized carbons (Fsp3) is 0.444. The van der Waals surface area contributed by atoms with Crippen LogP contribution in [0.3, 0.4) is 0 Å². The predicted molar refractivity (Wildman–Crippen MR) is 46.8 cm³/mol. The van der Waals surface area contributed by atoms with Crippen LogP contribution in [0, 0.1) is 6.92 Å². The summed E-state index contributed by atoms with van der Waals surface area (Å²) in [7, 11) is 0. The van der Waals surface area contributed by atoms with Gasteiger partial charge in [-0.15, -0.1) is 0 Å². The Kier molecular flexibility index (Phi) is 3.47. The van der Waals surface area contributed by atoms with E-state index in [1.54, 1.807) is 0 Å². The van der Waals surface area contributed by atoms with E-state index in [-0.39, 0.29) is 17.8 Å². The number of aryl methyl sites for hydroxylation is 1. The van der Waals surface area contributed by atoms with E-state index >= 15 is 0 Å². The molecule has 0 bridgehead atoms. The normalized spacial score (nSPS) is 12.2. The molecule has 0 radical (unpaired) electrons. The van der Waals surface area contributed by atoms with E-state index in [9.17, 15) is 22.0 Å². The highest BCUT2D eigenvalue weighted by Crippen LogP contribution is 2.32. The third-order valence-electron chi connectivity index (χ3n) is 2.06. The zero-order valence-corrected chi connectivity index (χ0v) is 8.28. The molecule has 1 aromatic rings. The number of pyridine rings is 1. The van der Waals surface area contributed by atoms with Gasteiger partial charge in [-0.25, -0.2) is 13.8 Å². The van der Waals surface area contributed by atoms with Gasteiger partial charge in [0.25, 0.3) is 6.43 Å². The average molecular weight is 240 g/mol. The van der Waals surface area contributed by atoms with E-state index in [0.717, 1.165) is 6.92 Å². The van der Waals surface area contributed by atoms with Crippen molar-refractivity contribution in [2.24, 2.45) is 5.73 Å². The first-order valence-electron chi connectivity index (χ1n) is 4.33. The van der Waals surface area contributed by atoms with Crippen LogP contribution in [-0.4, -0.2) is 4.98 Å². The second-order valence-corrected chi connectivity index (χ2v) is 3.17. The summed E-state index contributed by atoms with van der Waals surface area (Å²) in [4.78, 5) is 3.11. The van der Waals surface area contributed by atoms with Gasteiger partial charge in [-0.05, 0) is 18.6 Å². The maximum Gasteiger partial charge on any atom is 0.433 e. The number of hydrogen-bond donors (Lipinski definition) is 1. The topological polar surface area (TPSA) is 38.9 Å². The molecule has 0 unspecified atom stereocenters. The molecule has 1 aromatic heterocycles. The number of hydrogen-bond acceptors (Lipinski definition) is 2. The minimum Gasteiger partial charge on any atom is -0.326 e. The number of aromatic nitrogens is 1. The number of nitrogens with two attached hydrogens (primary N) is 1. The van der Waals surface area contributed by atoms with Gasteiger partial charge in [0.1, 0.15) is 5.69 Å². The van der Waals surface area contributed by atoms with E-state index in [0.29, 0.717) is 6.07 Å². The molecule has 2 N–H and O–H groups in total. The predicted octanol–water partition coefficient (Wildman–Crippen LogP) is 2.81. The van der Waals surface area contributed by atoms with Crippen molar-refractivity contribution >= 4 is 0 Å². The quantitative estimate of drug-likeness (QED) is 0.807. The van der Waals surface area contributed by atoms with Gasteiger partial charge >= 0.3 is 6.18 Å². The van der Waals surface area contributed by atoms with Gasteiger partial charge in [-0.2, -0.15) is 13.2 Å². The molecule has 0 aliphatic rings. The Morgan fingerprint density at radius 3 is 2.31 bits per heavy atom. The van der Waals surface area contributed by atoms with E-state index in [1.165, 1.54) is 0 Å². The highest BCUT2D eigenvalue weighted by Gasteiger charge is 2.34. The van der Waals surface area contributed by atoms with Crippen molar-refractivity contribution in [3.63, 3.8) is 0 Å². The smallest absolute Gasteiger partial charge is 0.326 e. The van der Waals surface area contributed by atoms with Crippen molar-refractivity contribution in [1.29, 1.82) is 0 Å². The largest absolute Gasteiger partial charge is 0.433 e. The van der Waals surface area contributed by atoms with Crippen LogP contribution in [0.5, 0.6) is 0 Å². The van der Waals surface area contributed by atoms with Crippen molar-refractivity contribution in [3.05, 3.63) is 28.6 Å². The van der Waals surface area contributed by atoms with Gasteiger partial charge < -0.3 is 5.73 Å². The van der Waals surface area contributed by atoms with Crippen LogP contribution < -0.4 is 5.73 Å². The summed E-state index contributed by atoms with van der Waals surface area (Å²) >= 11 is 0. The third kappa shape index (κ3) is 2.46. The standard InChI is InChI=1S/C9H9F5N2/c1-4-7(8(10)11)5(3-15)2-6(16-4)9(12,13)14/h2,8H,3,15H2,1H3. The Morgan fingerprint density at radius 1 is 1.38 bits per heavy atom. The van der Waals surface area contributed by atoms with Crippen LogP contribution >= 0.6 is 0 Å². The molecule has 0 saturated heterocycles. The molecule has 1 heterocycles. The van der Waals surface area contributed by atoms with Crippen molar-refractivity contribution in [2.75, 3.05) is 0 Å². The first-order valence-corrected chi connectivity index (χ1v) is 4.33. The molecule has 0 aromatic carbocycles. The van der Waals surface area contributed by atoms with Crippen LogP contribution in [-0.2, 0) is 12.7 Å². The summed E-state index contributed by atoms with van der Waals surface area (Å²) in [6, 6.07) is 0.564. The Labute approximate surface area is 88.3 Å². The van der Waals surface area contributed by atoms with E-state index < -0.39 is 23.9 Å². The lowest BCUT2D eigenvalue weighted by Crippen LogP contribution is -2.14. The van der Waals surface area contributed by atoms with Gasteiger partial charge in [0.15, 0.2) is 0 Å². The molecule has 0 fully saturated rings. The molecule has 0 amide bonds. The lowest BCUT2D eigenvalue weighted by atomic mass is 10.1. The zero-order chi connectivity index (χ0) is 12.5. The summed E-state index contributed by atoms with van der Waals surface area (Å²) in [5, 5.41) is 0. The monoisotopic (exact) mass is 240 g/mol. The molecule has 0 saturated carbocycles. The summed E-state index contributed by atoms with van der Waals surface area (Å²) in [6.45, 7) is 0.724. The molecule has 0 aliphatic heterocycles. The van der Waals surface area contributed by atoms with E-state index in [4.69, 9.17) is 5.73 Å². The Bertz CT molecular complexity index is 386. The molecule has 0 spiro atoms. The maximum atomic E-state index is 12.5. The molecule has 16 heavy (non-hydrogen) atoms. The Morgan fingerprint density at radius 2 is 1.94 bits per heavy atom. The lowest BCUT2D eigenvalue weighted by Gasteiger charge is -2.13. The molecule has 1 rings (SSSR count). The first-order chi connectivity index (χ1) is 7.27. The van der Waals surface area contributed by atoms with Crippen molar-refractivity contribution in [2.45, 2.75) is 26.1 Å². The average Bonchev–Trinajstić information content (AvgIpc) is 2.14. The van der Waals surface area contributed by atoms with Gasteiger partial charge in [-0.1, -0.05) is 0 Å². The van der Waals surface area contributed by atoms with Gasteiger partial charge in [-0.3, -0.25) is 0 Å². The van der Waals surface area contributed by atoms with Gasteiger partial charge in [0.2, 0.25) is 0 Å². The minimum atomic E-state index is -4.66. The molecule has 90 valence electrons. The molecule has 0 aliphatic carbocycles. The van der Waals surface area contributed by atoms with Crippen molar-refractivity contribution in [3.8, 4) is 0 Å². The second kappa shape index (κ2) is 4.32. The summed E-state index contributed by atoms with van der Waals surface area (Å²) in [5.41, 5.74) is 2.85. The highest BCUT2D eigenvalue weighted by molar-refractivity contribution is 5.34. The van der Waals surface area contributed by atoms with E-state index in [2.05, 4.69) is 4.98 Å². The fourth-order valence-corrected chi connectivity index (χ4v) is 1.36. The number of halogens is 5. The summed E-state index contributed by atoms with van der Waals surface area (Å²) < 4.78 is 62.0. The SMILES string of the molecule is Cc1nc(C(F)(F)F)cc(CN)c1C(F)F. The number of nitrogens with zero attached hydrogens (tertiary/aromatic N) is 1. The summed E-state index contributed by atoms with van der Waals surface area (Å²) in [6.07, 6.45) is -7.54. The zero-order valence-electron chi connectivity index (χ0n) is 8.28. The second-order valence-electron chi connectivity index (χ2n) is 3.17. The molecule has 0 atom stereocenters. The van der Waals surface area contributed by atoms with Crippen LogP contribution in [0.1, 0.15) is 28.9 Å². The van der Waals surface area contributed by atoms with Crippen LogP contribution in [0.4, 0.5) is 22.0 Å². The van der Waals surface area contributed by atoms with Crippen molar-refractivity contribution in [1.82, 2.24) is 4.98 Å². The van der Waals surface area contributed by atoms with Gasteiger partial charge in [0, 0.05) is 17.8 Å². The Balaban J connectivity index is 3.38. The fourth-order valence-electron chi connectivity index (χ4n) is 1.36. The van der Waals surface area contributed by atoms with Crippen LogP contribution in [0.15, 0.2) is 6.07 Å². The van der Waals surface area contributed by atoms with Crippen molar-refractivity contribution < 1.29 is 22.0 Å². The lowest BCUT2D eigenvalue weighted by molar-refractivity contribution is -0.141. The summed E-state index contributed by atoms with van der Waals surface area (Å²) in [5.74, 6) is 0. The number of alkyl halides is 5. The number of rotatable bonds is 2. The minimum absolute atomic E-state index is 0.227. The first kappa shape index (κ1) is 12.8. The molecule has 2 nitrogen and oxygen atoms in total.